The molecule has 0 rings (SSSR count). The minimum absolute atomic E-state index is 0.577. The van der Waals surface area contributed by atoms with Gasteiger partial charge in [-0.2, -0.15) is 0 Å². The number of unbranched alkanes of at least 4 members (excludes halogenated alkanes) is 1. The smallest absolute Gasteiger partial charge is 0.164 e. The zero-order valence-corrected chi connectivity index (χ0v) is 6.70. The fraction of sp³-hybridized carbons (Fsp3) is 1.00. The monoisotopic (exact) mass is 136 g/mol. The molecule has 0 atom stereocenters. The lowest BCUT2D eigenvalue weighted by Gasteiger charge is -2.16. The molecule has 0 N–H and O–H groups in total. The van der Waals surface area contributed by atoms with E-state index in [9.17, 15) is 0 Å². The van der Waals surface area contributed by atoms with Crippen LogP contribution in [0.3, 0.4) is 0 Å². The Morgan fingerprint density at radius 3 is 2.00 bits per heavy atom. The van der Waals surface area contributed by atoms with Gasteiger partial charge in [0.25, 0.3) is 0 Å². The molecule has 0 saturated carbocycles. The molecule has 0 aromatic rings. The predicted molar refractivity (Wildman–Crippen MR) is 37.7 cm³/mol. The summed E-state index contributed by atoms with van der Waals surface area (Å²) in [6, 6.07) is 0. The summed E-state index contributed by atoms with van der Waals surface area (Å²) in [6.07, 6.45) is 2.45. The third kappa shape index (κ3) is 6.25. The van der Waals surface area contributed by atoms with Crippen molar-refractivity contribution >= 4 is 11.8 Å². The highest BCUT2D eigenvalue weighted by Crippen LogP contribution is 2.04. The average Bonchev–Trinajstić information content (AvgIpc) is 1.59. The number of quaternary nitrogens is 1. The molecule has 0 spiro atoms. The van der Waals surface area contributed by atoms with Crippen LogP contribution in [0.2, 0.25) is 0 Å². The van der Waals surface area contributed by atoms with E-state index in [0.717, 1.165) is 6.54 Å². The van der Waals surface area contributed by atoms with Crippen molar-refractivity contribution in [3.8, 4) is 0 Å². The van der Waals surface area contributed by atoms with Crippen LogP contribution >= 0.6 is 11.8 Å². The van der Waals surface area contributed by atoms with Crippen LogP contribution in [0.15, 0.2) is 0 Å². The lowest BCUT2D eigenvalue weighted by Crippen LogP contribution is -2.28. The van der Waals surface area contributed by atoms with Crippen molar-refractivity contribution in [2.45, 2.75) is 19.8 Å². The summed E-state index contributed by atoms with van der Waals surface area (Å²) in [7, 11) is 3.99. The van der Waals surface area contributed by atoms with Crippen molar-refractivity contribution in [2.75, 3.05) is 20.6 Å². The van der Waals surface area contributed by atoms with Gasteiger partial charge in [0.2, 0.25) is 0 Å². The topological polar surface area (TPSA) is 0 Å². The summed E-state index contributed by atoms with van der Waals surface area (Å²) in [4.78, 5) is 0. The quantitative estimate of drug-likeness (QED) is 0.521. The molecule has 50 valence electrons. The summed E-state index contributed by atoms with van der Waals surface area (Å²) in [5, 5.41) is 0. The molecular weight excluding hydrogens is 122 g/mol. The predicted octanol–water partition coefficient (Wildman–Crippen LogP) is 2.02. The molecule has 0 radical (unpaired) electrons. The van der Waals surface area contributed by atoms with Crippen LogP contribution in [-0.2, 0) is 0 Å². The molecule has 0 aliphatic carbocycles. The molecular formula is C6H15ClN+. The highest BCUT2D eigenvalue weighted by atomic mass is 35.5. The van der Waals surface area contributed by atoms with Gasteiger partial charge in [-0.25, -0.2) is 4.00 Å². The number of hydrogen-bond donors (Lipinski definition) is 0. The first-order valence-electron chi connectivity index (χ1n) is 3.09. The van der Waals surface area contributed by atoms with Crippen LogP contribution in [-0.4, -0.2) is 24.6 Å². The second-order valence-corrected chi connectivity index (χ2v) is 3.53. The van der Waals surface area contributed by atoms with Crippen LogP contribution in [0.1, 0.15) is 19.8 Å². The molecule has 0 fully saturated rings. The Kier molecular flexibility index (Phi) is 3.41. The number of hydrogen-bond acceptors (Lipinski definition) is 0. The van der Waals surface area contributed by atoms with Gasteiger partial charge in [0.1, 0.15) is 0 Å². The molecule has 8 heavy (non-hydrogen) atoms. The Morgan fingerprint density at radius 1 is 1.38 bits per heavy atom. The van der Waals surface area contributed by atoms with Gasteiger partial charge < -0.3 is 0 Å². The average molecular weight is 137 g/mol. The molecule has 0 aliphatic rings. The van der Waals surface area contributed by atoms with Crippen LogP contribution in [0.25, 0.3) is 0 Å². The van der Waals surface area contributed by atoms with Gasteiger partial charge in [0, 0.05) is 0 Å². The maximum absolute atomic E-state index is 5.85. The molecule has 0 heterocycles. The SMILES string of the molecule is CCCC[N+](C)(C)Cl. The molecule has 1 nitrogen and oxygen atoms in total. The number of halogens is 1. The Labute approximate surface area is 56.9 Å². The van der Waals surface area contributed by atoms with E-state index in [2.05, 4.69) is 6.92 Å². The van der Waals surface area contributed by atoms with Crippen molar-refractivity contribution in [3.63, 3.8) is 0 Å². The minimum atomic E-state index is 0.577. The molecule has 0 aliphatic heterocycles. The fourth-order valence-corrected chi connectivity index (χ4v) is 0.654. The molecule has 0 bridgehead atoms. The Hall–Kier alpha value is 0.250. The van der Waals surface area contributed by atoms with Crippen molar-refractivity contribution in [3.05, 3.63) is 0 Å². The zero-order chi connectivity index (χ0) is 6.62. The van der Waals surface area contributed by atoms with Gasteiger partial charge in [0.05, 0.1) is 20.6 Å². The second kappa shape index (κ2) is 3.31. The first-order valence-corrected chi connectivity index (χ1v) is 3.42. The molecule has 0 aromatic carbocycles. The van der Waals surface area contributed by atoms with Gasteiger partial charge >= 0.3 is 0 Å². The summed E-state index contributed by atoms with van der Waals surface area (Å²) in [5.41, 5.74) is 0. The lowest BCUT2D eigenvalue weighted by molar-refractivity contribution is -0.771. The third-order valence-corrected chi connectivity index (χ3v) is 1.21. The van der Waals surface area contributed by atoms with E-state index in [1.165, 1.54) is 12.8 Å². The standard InChI is InChI=1S/C6H15ClN/c1-4-5-6-8(2,3)7/h4-6H2,1-3H3/q+1. The minimum Gasteiger partial charge on any atom is -0.227 e. The molecule has 0 aromatic heterocycles. The summed E-state index contributed by atoms with van der Waals surface area (Å²) >= 11 is 5.85. The van der Waals surface area contributed by atoms with Crippen LogP contribution in [0.5, 0.6) is 0 Å². The third-order valence-electron chi connectivity index (χ3n) is 1.04. The van der Waals surface area contributed by atoms with Crippen LogP contribution < -0.4 is 0 Å². The van der Waals surface area contributed by atoms with Gasteiger partial charge in [0.15, 0.2) is 11.8 Å². The van der Waals surface area contributed by atoms with Crippen molar-refractivity contribution < 1.29 is 4.00 Å². The van der Waals surface area contributed by atoms with E-state index < -0.39 is 0 Å². The molecule has 0 amide bonds. The maximum atomic E-state index is 5.85. The van der Waals surface area contributed by atoms with Crippen molar-refractivity contribution in [1.29, 1.82) is 0 Å². The van der Waals surface area contributed by atoms with E-state index >= 15 is 0 Å². The molecule has 2 heteroatoms. The zero-order valence-electron chi connectivity index (χ0n) is 5.95. The highest BCUT2D eigenvalue weighted by Gasteiger charge is 2.08. The van der Waals surface area contributed by atoms with E-state index in [-0.39, 0.29) is 0 Å². The first kappa shape index (κ1) is 8.25. The van der Waals surface area contributed by atoms with Crippen LogP contribution in [0.4, 0.5) is 0 Å². The summed E-state index contributed by atoms with van der Waals surface area (Å²) < 4.78 is 0.577. The van der Waals surface area contributed by atoms with Gasteiger partial charge in [-0.05, 0) is 6.42 Å². The van der Waals surface area contributed by atoms with Crippen molar-refractivity contribution in [2.24, 2.45) is 0 Å². The van der Waals surface area contributed by atoms with Gasteiger partial charge in [-0.3, -0.25) is 0 Å². The van der Waals surface area contributed by atoms with Crippen LogP contribution in [0, 0.1) is 0 Å². The Balaban J connectivity index is 3.11. The molecule has 0 unspecified atom stereocenters. The normalized spacial score (nSPS) is 12.0. The summed E-state index contributed by atoms with van der Waals surface area (Å²) in [6.45, 7) is 3.24. The van der Waals surface area contributed by atoms with Gasteiger partial charge in [-0.1, -0.05) is 13.3 Å². The lowest BCUT2D eigenvalue weighted by atomic mass is 10.3. The Morgan fingerprint density at radius 2 is 1.88 bits per heavy atom. The van der Waals surface area contributed by atoms with E-state index in [0.29, 0.717) is 4.00 Å². The molecule has 0 saturated heterocycles. The largest absolute Gasteiger partial charge is 0.227 e. The second-order valence-electron chi connectivity index (χ2n) is 2.61. The Bertz CT molecular complexity index is 56.0. The van der Waals surface area contributed by atoms with E-state index in [1.54, 1.807) is 0 Å². The van der Waals surface area contributed by atoms with E-state index in [4.69, 9.17) is 11.8 Å². The number of rotatable bonds is 3. The first-order chi connectivity index (χ1) is 3.56. The maximum Gasteiger partial charge on any atom is 0.164 e. The van der Waals surface area contributed by atoms with Gasteiger partial charge in [-0.15, -0.1) is 0 Å². The van der Waals surface area contributed by atoms with Crippen molar-refractivity contribution in [1.82, 2.24) is 0 Å². The van der Waals surface area contributed by atoms with E-state index in [1.807, 2.05) is 14.1 Å². The fourth-order valence-electron chi connectivity index (χ4n) is 0.534. The highest BCUT2D eigenvalue weighted by molar-refractivity contribution is 6.06. The number of nitrogens with zero attached hydrogens (tertiary/aromatic N) is 1. The summed E-state index contributed by atoms with van der Waals surface area (Å²) in [5.74, 6) is 0.